The van der Waals surface area contributed by atoms with E-state index in [1.54, 1.807) is 0 Å². The lowest BCUT2D eigenvalue weighted by atomic mass is 9.91. The summed E-state index contributed by atoms with van der Waals surface area (Å²) in [5.74, 6) is 6.69. The van der Waals surface area contributed by atoms with Crippen molar-refractivity contribution >= 4 is 0 Å². The van der Waals surface area contributed by atoms with Gasteiger partial charge >= 0.3 is 0 Å². The van der Waals surface area contributed by atoms with Crippen molar-refractivity contribution in [2.75, 3.05) is 46.2 Å². The summed E-state index contributed by atoms with van der Waals surface area (Å²) in [6, 6.07) is 47.0. The van der Waals surface area contributed by atoms with Gasteiger partial charge in [-0.05, 0) is 123 Å². The molecule has 84 heavy (non-hydrogen) atoms. The largest absolute Gasteiger partial charge is 0.493 e. The van der Waals surface area contributed by atoms with Gasteiger partial charge in [0.25, 0.3) is 0 Å². The standard InChI is InChI=1S/C77H98O7/c1-8-15-43-78-71-57-29-22-30-58(71)51-60-32-24-34-62(73(60)80-45-17-10-3)53-64-36-26-38-66(75(64)82-47-19-12-5)55-68-40-28-42-70(77(68)84-49-21-14-7)56-69-41-27-39-67(76(69)83-48-20-13-6)54-65-37-25-35-63(74(65)81-46-18-11-4)52-61-33-23-31-59(50-57)72(61)79-44-16-9-2/h22-42H,8-21,43-56H2,1-7H3. The van der Waals surface area contributed by atoms with Crippen LogP contribution in [0, 0.1) is 0 Å². The van der Waals surface area contributed by atoms with Crippen LogP contribution < -0.4 is 33.2 Å². The molecule has 8 rings (SSSR count). The summed E-state index contributed by atoms with van der Waals surface area (Å²) in [5, 5.41) is 0. The number of hydrogen-bond donors (Lipinski definition) is 0. The lowest BCUT2D eigenvalue weighted by Crippen LogP contribution is -2.10. The van der Waals surface area contributed by atoms with Crippen molar-refractivity contribution in [3.63, 3.8) is 0 Å². The van der Waals surface area contributed by atoms with Gasteiger partial charge in [-0.25, -0.2) is 0 Å². The van der Waals surface area contributed by atoms with E-state index in [0.29, 0.717) is 91.2 Å². The molecule has 7 aromatic carbocycles. The minimum Gasteiger partial charge on any atom is -0.493 e. The van der Waals surface area contributed by atoms with Crippen molar-refractivity contribution in [1.29, 1.82) is 0 Å². The van der Waals surface area contributed by atoms with Gasteiger partial charge in [-0.3, -0.25) is 0 Å². The van der Waals surface area contributed by atoms with Crippen LogP contribution in [0.15, 0.2) is 127 Å². The lowest BCUT2D eigenvalue weighted by Gasteiger charge is -2.23. The molecule has 0 heterocycles. The highest BCUT2D eigenvalue weighted by molar-refractivity contribution is 5.58. The van der Waals surface area contributed by atoms with E-state index < -0.39 is 0 Å². The van der Waals surface area contributed by atoms with Crippen molar-refractivity contribution in [3.8, 4) is 40.2 Å². The summed E-state index contributed by atoms with van der Waals surface area (Å²) in [6.45, 7) is 20.1. The van der Waals surface area contributed by atoms with Crippen molar-refractivity contribution in [2.24, 2.45) is 0 Å². The molecule has 14 bridgehead atoms. The molecular formula is C77H98O7. The molecule has 1 aliphatic rings. The first-order valence-electron chi connectivity index (χ1n) is 32.6. The van der Waals surface area contributed by atoms with Gasteiger partial charge in [0, 0.05) is 44.9 Å². The second-order valence-electron chi connectivity index (χ2n) is 23.0. The molecule has 7 aromatic rings. The maximum absolute atomic E-state index is 6.98. The number of fused-ring (bicyclic) bond motifs is 14. The quantitative estimate of drug-likeness (QED) is 0.0453. The Kier molecular flexibility index (Phi) is 25.7. The summed E-state index contributed by atoms with van der Waals surface area (Å²) in [5.41, 5.74) is 16.1. The maximum Gasteiger partial charge on any atom is 0.126 e. The molecule has 0 atom stereocenters. The van der Waals surface area contributed by atoms with Gasteiger partial charge in [0.05, 0.1) is 46.2 Å². The number of unbranched alkanes of at least 4 members (excludes halogenated alkanes) is 7. The highest BCUT2D eigenvalue weighted by Crippen LogP contribution is 2.41. The lowest BCUT2D eigenvalue weighted by molar-refractivity contribution is 0.297. The molecule has 448 valence electrons. The fraction of sp³-hybridized carbons (Fsp3) is 0.455. The number of hydrogen-bond acceptors (Lipinski definition) is 7. The summed E-state index contributed by atoms with van der Waals surface area (Å²) in [6.07, 6.45) is 18.7. The third-order valence-corrected chi connectivity index (χ3v) is 16.1. The molecular weight excluding hydrogens is 1040 g/mol. The van der Waals surface area contributed by atoms with Crippen molar-refractivity contribution in [3.05, 3.63) is 205 Å². The predicted octanol–water partition coefficient (Wildman–Crippen LogP) is 19.4. The Morgan fingerprint density at radius 3 is 0.393 bits per heavy atom. The van der Waals surface area contributed by atoms with Crippen molar-refractivity contribution in [1.82, 2.24) is 0 Å². The van der Waals surface area contributed by atoms with Crippen LogP contribution in [0.3, 0.4) is 0 Å². The molecule has 0 spiro atoms. The molecule has 0 aromatic heterocycles. The van der Waals surface area contributed by atoms with E-state index in [1.807, 2.05) is 0 Å². The van der Waals surface area contributed by atoms with E-state index >= 15 is 0 Å². The van der Waals surface area contributed by atoms with Gasteiger partial charge in [-0.1, -0.05) is 221 Å². The van der Waals surface area contributed by atoms with Crippen LogP contribution in [0.25, 0.3) is 0 Å². The molecule has 0 N–H and O–H groups in total. The van der Waals surface area contributed by atoms with Gasteiger partial charge in [0.1, 0.15) is 40.2 Å². The van der Waals surface area contributed by atoms with Crippen LogP contribution in [-0.2, 0) is 44.9 Å². The Morgan fingerprint density at radius 1 is 0.190 bits per heavy atom. The maximum atomic E-state index is 6.98. The van der Waals surface area contributed by atoms with Crippen LogP contribution in [0.5, 0.6) is 40.2 Å². The Bertz CT molecular complexity index is 2390. The average molecular weight is 1140 g/mol. The first kappa shape index (κ1) is 63.2. The van der Waals surface area contributed by atoms with Gasteiger partial charge in [-0.15, -0.1) is 0 Å². The third kappa shape index (κ3) is 17.4. The number of benzene rings is 7. The predicted molar refractivity (Wildman–Crippen MR) is 348 cm³/mol. The number of rotatable bonds is 28. The molecule has 0 amide bonds. The van der Waals surface area contributed by atoms with Gasteiger partial charge in [-0.2, -0.15) is 0 Å². The van der Waals surface area contributed by atoms with Crippen LogP contribution >= 0.6 is 0 Å². The normalized spacial score (nSPS) is 12.4. The highest BCUT2D eigenvalue weighted by Gasteiger charge is 2.24. The van der Waals surface area contributed by atoms with Crippen molar-refractivity contribution < 1.29 is 33.2 Å². The van der Waals surface area contributed by atoms with E-state index in [4.69, 9.17) is 33.2 Å². The van der Waals surface area contributed by atoms with Crippen LogP contribution in [0.2, 0.25) is 0 Å². The van der Waals surface area contributed by atoms with Gasteiger partial charge < -0.3 is 33.2 Å². The second-order valence-corrected chi connectivity index (χ2v) is 23.0. The second kappa shape index (κ2) is 34.2. The van der Waals surface area contributed by atoms with Crippen LogP contribution in [0.1, 0.15) is 216 Å². The first-order valence-corrected chi connectivity index (χ1v) is 32.6. The van der Waals surface area contributed by atoms with Gasteiger partial charge in [0.15, 0.2) is 0 Å². The minimum atomic E-state index is 0.641. The molecule has 0 fully saturated rings. The highest BCUT2D eigenvalue weighted by atomic mass is 16.5. The zero-order valence-corrected chi connectivity index (χ0v) is 52.3. The minimum absolute atomic E-state index is 0.641. The molecule has 0 saturated carbocycles. The zero-order chi connectivity index (χ0) is 58.7. The van der Waals surface area contributed by atoms with E-state index in [9.17, 15) is 0 Å². The number of para-hydroxylation sites is 7. The first-order chi connectivity index (χ1) is 41.4. The molecule has 7 nitrogen and oxygen atoms in total. The smallest absolute Gasteiger partial charge is 0.126 e. The Balaban J connectivity index is 1.36. The molecule has 1 aliphatic carbocycles. The summed E-state index contributed by atoms with van der Waals surface area (Å²) < 4.78 is 48.9. The Morgan fingerprint density at radius 2 is 0.298 bits per heavy atom. The fourth-order valence-electron chi connectivity index (χ4n) is 11.4. The third-order valence-electron chi connectivity index (χ3n) is 16.1. The van der Waals surface area contributed by atoms with E-state index in [-0.39, 0.29) is 0 Å². The topological polar surface area (TPSA) is 64.6 Å². The fourth-order valence-corrected chi connectivity index (χ4v) is 11.4. The number of ether oxygens (including phenoxy) is 7. The van der Waals surface area contributed by atoms with Gasteiger partial charge in [0.2, 0.25) is 0 Å². The summed E-state index contributed by atoms with van der Waals surface area (Å²) >= 11 is 0. The van der Waals surface area contributed by atoms with Crippen molar-refractivity contribution in [2.45, 2.75) is 183 Å². The van der Waals surface area contributed by atoms with Crippen LogP contribution in [0.4, 0.5) is 0 Å². The molecule has 0 unspecified atom stereocenters. The molecule has 7 heteroatoms. The Hall–Kier alpha value is -6.86. The molecule has 0 saturated heterocycles. The monoisotopic (exact) mass is 1130 g/mol. The molecule has 0 radical (unpaired) electrons. The van der Waals surface area contributed by atoms with E-state index in [1.165, 1.54) is 0 Å². The summed E-state index contributed by atoms with van der Waals surface area (Å²) in [7, 11) is 0. The summed E-state index contributed by atoms with van der Waals surface area (Å²) in [4.78, 5) is 0. The SMILES string of the molecule is CCCCOc1c2cccc1Cc1cccc(c1OCCCC)Cc1cccc(c1OCCCC)Cc1cccc(c1OCCCC)Cc1cccc(c1OCCCC)Cc1cccc(c1OCCCC)Cc1cccc(c1OCCCC)C2. The molecule has 0 aliphatic heterocycles. The average Bonchev–Trinajstić information content (AvgIpc) is 3.26. The van der Waals surface area contributed by atoms with Crippen LogP contribution in [-0.4, -0.2) is 46.2 Å². The Labute approximate surface area is 505 Å². The zero-order valence-electron chi connectivity index (χ0n) is 52.3. The van der Waals surface area contributed by atoms with E-state index in [2.05, 4.69) is 176 Å². The van der Waals surface area contributed by atoms with E-state index in [0.717, 1.165) is 208 Å².